The molecule has 4 heteroatoms. The van der Waals surface area contributed by atoms with Crippen LogP contribution in [0.2, 0.25) is 0 Å². The normalized spacial score (nSPS) is 41.3. The van der Waals surface area contributed by atoms with Gasteiger partial charge in [0.1, 0.15) is 0 Å². The van der Waals surface area contributed by atoms with Crippen LogP contribution in [-0.2, 0) is 9.59 Å². The molecule has 1 N–H and O–H groups in total. The van der Waals surface area contributed by atoms with Crippen molar-refractivity contribution >= 4 is 17.6 Å². The molecule has 2 heterocycles. The molecule has 1 aromatic carbocycles. The van der Waals surface area contributed by atoms with Crippen molar-refractivity contribution in [2.75, 3.05) is 4.90 Å². The topological polar surface area (TPSA) is 57.6 Å². The zero-order valence-electron chi connectivity index (χ0n) is 12.3. The molecular weight excluding hydrogens is 278 g/mol. The van der Waals surface area contributed by atoms with Gasteiger partial charge in [0, 0.05) is 24.1 Å². The summed E-state index contributed by atoms with van der Waals surface area (Å²) in [5.41, 5.74) is 2.23. The fourth-order valence-electron chi connectivity index (χ4n) is 5.99. The minimum atomic E-state index is -0.642. The Kier molecular flexibility index (Phi) is 2.37. The molecule has 2 aliphatic heterocycles. The van der Waals surface area contributed by atoms with Gasteiger partial charge in [-0.1, -0.05) is 18.2 Å². The summed E-state index contributed by atoms with van der Waals surface area (Å²) in [5, 5.41) is 9.69. The SMILES string of the molecule is O=C(O)[C@@H]1CC2c3ccccc3N3C(=O)C[C@H]4CC[C@@H]1[C@H]4[C@H]23. The van der Waals surface area contributed by atoms with Crippen LogP contribution in [0.4, 0.5) is 5.69 Å². The van der Waals surface area contributed by atoms with Crippen molar-refractivity contribution in [3.8, 4) is 0 Å². The molecule has 22 heavy (non-hydrogen) atoms. The highest BCUT2D eigenvalue weighted by Gasteiger charge is 2.61. The molecule has 1 unspecified atom stereocenters. The Morgan fingerprint density at radius 1 is 1.23 bits per heavy atom. The Bertz CT molecular complexity index is 685. The highest BCUT2D eigenvalue weighted by atomic mass is 16.4. The van der Waals surface area contributed by atoms with Gasteiger partial charge in [0.05, 0.1) is 5.92 Å². The van der Waals surface area contributed by atoms with Crippen LogP contribution in [0.3, 0.4) is 0 Å². The minimum absolute atomic E-state index is 0.211. The van der Waals surface area contributed by atoms with E-state index in [-0.39, 0.29) is 29.7 Å². The molecule has 6 atom stereocenters. The Morgan fingerprint density at radius 3 is 2.86 bits per heavy atom. The number of rotatable bonds is 1. The molecule has 1 amide bonds. The van der Waals surface area contributed by atoms with Gasteiger partial charge in [-0.3, -0.25) is 9.59 Å². The summed E-state index contributed by atoms with van der Waals surface area (Å²) in [6.07, 6.45) is 3.30. The van der Waals surface area contributed by atoms with E-state index in [0.717, 1.165) is 18.5 Å². The van der Waals surface area contributed by atoms with Crippen LogP contribution in [0.1, 0.15) is 37.2 Å². The average Bonchev–Trinajstić information content (AvgIpc) is 3.05. The first-order valence-electron chi connectivity index (χ1n) is 8.30. The third kappa shape index (κ3) is 1.38. The smallest absolute Gasteiger partial charge is 0.306 e. The lowest BCUT2D eigenvalue weighted by molar-refractivity contribution is -0.146. The lowest BCUT2D eigenvalue weighted by atomic mass is 9.62. The Hall–Kier alpha value is -1.84. The molecule has 0 spiro atoms. The summed E-state index contributed by atoms with van der Waals surface area (Å²) in [7, 11) is 0. The van der Waals surface area contributed by atoms with Crippen molar-refractivity contribution in [2.24, 2.45) is 23.7 Å². The molecule has 4 nitrogen and oxygen atoms in total. The predicted molar refractivity (Wildman–Crippen MR) is 80.5 cm³/mol. The lowest BCUT2D eigenvalue weighted by Crippen LogP contribution is -2.56. The number of aliphatic carboxylic acids is 1. The highest BCUT2D eigenvalue weighted by Crippen LogP contribution is 2.61. The zero-order valence-corrected chi connectivity index (χ0v) is 12.3. The molecule has 1 aromatic rings. The number of carboxylic acids is 1. The standard InChI is InChI=1S/C18H19NO3/c20-15-7-9-5-6-11-13(18(21)22)8-12-10-3-1-2-4-14(10)19(15)17(12)16(9)11/h1-4,9,11-13,16-17H,5-8H2,(H,21,22)/t9-,11+,12?,13-,16+,17+/m1/s1. The molecule has 5 rings (SSSR count). The van der Waals surface area contributed by atoms with Crippen molar-refractivity contribution in [3.05, 3.63) is 29.8 Å². The minimum Gasteiger partial charge on any atom is -0.481 e. The van der Waals surface area contributed by atoms with Crippen LogP contribution in [0.25, 0.3) is 0 Å². The number of carbonyl (C=O) groups excluding carboxylic acids is 1. The molecule has 1 saturated heterocycles. The van der Waals surface area contributed by atoms with Gasteiger partial charge in [-0.15, -0.1) is 0 Å². The van der Waals surface area contributed by atoms with Crippen molar-refractivity contribution in [1.82, 2.24) is 0 Å². The van der Waals surface area contributed by atoms with E-state index >= 15 is 0 Å². The Labute approximate surface area is 129 Å². The molecule has 0 aromatic heterocycles. The van der Waals surface area contributed by atoms with Crippen molar-refractivity contribution in [3.63, 3.8) is 0 Å². The van der Waals surface area contributed by atoms with Gasteiger partial charge in [-0.2, -0.15) is 0 Å². The Morgan fingerprint density at radius 2 is 2.05 bits per heavy atom. The number of benzene rings is 1. The fraction of sp³-hybridized carbons (Fsp3) is 0.556. The second kappa shape index (κ2) is 4.12. The number of hydrogen-bond acceptors (Lipinski definition) is 2. The lowest BCUT2D eigenvalue weighted by Gasteiger charge is -2.48. The summed E-state index contributed by atoms with van der Waals surface area (Å²) in [6, 6.07) is 8.33. The van der Waals surface area contributed by atoms with Crippen LogP contribution in [0.5, 0.6) is 0 Å². The molecule has 2 saturated carbocycles. The van der Waals surface area contributed by atoms with E-state index in [1.807, 2.05) is 23.1 Å². The molecule has 4 aliphatic rings. The van der Waals surface area contributed by atoms with Gasteiger partial charge in [0.2, 0.25) is 5.91 Å². The van der Waals surface area contributed by atoms with E-state index in [0.29, 0.717) is 24.7 Å². The van der Waals surface area contributed by atoms with Crippen LogP contribution >= 0.6 is 0 Å². The maximum absolute atomic E-state index is 12.7. The number of anilines is 1. The Balaban J connectivity index is 1.69. The number of para-hydroxylation sites is 1. The first-order chi connectivity index (χ1) is 10.7. The molecule has 3 fully saturated rings. The highest BCUT2D eigenvalue weighted by molar-refractivity contribution is 5.98. The average molecular weight is 297 g/mol. The second-order valence-corrected chi connectivity index (χ2v) is 7.38. The second-order valence-electron chi connectivity index (χ2n) is 7.38. The largest absolute Gasteiger partial charge is 0.481 e. The molecule has 0 radical (unpaired) electrons. The van der Waals surface area contributed by atoms with Gasteiger partial charge in [0.25, 0.3) is 0 Å². The van der Waals surface area contributed by atoms with Gasteiger partial charge in [0.15, 0.2) is 0 Å². The van der Waals surface area contributed by atoms with Crippen LogP contribution in [0.15, 0.2) is 24.3 Å². The van der Waals surface area contributed by atoms with Gasteiger partial charge in [-0.05, 0) is 48.6 Å². The zero-order chi connectivity index (χ0) is 15.0. The summed E-state index contributed by atoms with van der Waals surface area (Å²) >= 11 is 0. The van der Waals surface area contributed by atoms with E-state index in [1.165, 1.54) is 5.56 Å². The van der Waals surface area contributed by atoms with Crippen LogP contribution in [0, 0.1) is 23.7 Å². The van der Waals surface area contributed by atoms with E-state index in [2.05, 4.69) is 6.07 Å². The van der Waals surface area contributed by atoms with E-state index in [4.69, 9.17) is 0 Å². The maximum Gasteiger partial charge on any atom is 0.306 e. The predicted octanol–water partition coefficient (Wildman–Crippen LogP) is 2.64. The number of nitrogens with zero attached hydrogens (tertiary/aromatic N) is 1. The van der Waals surface area contributed by atoms with Crippen molar-refractivity contribution in [2.45, 2.75) is 37.6 Å². The maximum atomic E-state index is 12.7. The summed E-state index contributed by atoms with van der Waals surface area (Å²) in [5.74, 6) is 0.615. The molecule has 114 valence electrons. The number of fused-ring (bicyclic) bond motifs is 3. The number of hydrogen-bond donors (Lipinski definition) is 1. The molecule has 0 bridgehead atoms. The number of carboxylic acid groups (broad SMARTS) is 1. The number of amides is 1. The van der Waals surface area contributed by atoms with Crippen LogP contribution < -0.4 is 4.90 Å². The first-order valence-corrected chi connectivity index (χ1v) is 8.30. The third-order valence-electron chi connectivity index (χ3n) is 6.66. The molecular formula is C18H19NO3. The fourth-order valence-corrected chi connectivity index (χ4v) is 5.99. The quantitative estimate of drug-likeness (QED) is 0.867. The summed E-state index contributed by atoms with van der Waals surface area (Å²) in [6.45, 7) is 0. The van der Waals surface area contributed by atoms with E-state index in [9.17, 15) is 14.7 Å². The van der Waals surface area contributed by atoms with E-state index < -0.39 is 5.97 Å². The van der Waals surface area contributed by atoms with Gasteiger partial charge >= 0.3 is 5.97 Å². The molecule has 2 aliphatic carbocycles. The van der Waals surface area contributed by atoms with Crippen molar-refractivity contribution < 1.29 is 14.7 Å². The van der Waals surface area contributed by atoms with Gasteiger partial charge in [-0.25, -0.2) is 0 Å². The monoisotopic (exact) mass is 297 g/mol. The van der Waals surface area contributed by atoms with E-state index in [1.54, 1.807) is 0 Å². The van der Waals surface area contributed by atoms with Crippen LogP contribution in [-0.4, -0.2) is 23.0 Å². The third-order valence-corrected chi connectivity index (χ3v) is 6.66. The first kappa shape index (κ1) is 12.7. The summed E-state index contributed by atoms with van der Waals surface area (Å²) < 4.78 is 0. The number of piperidine rings is 1. The van der Waals surface area contributed by atoms with Gasteiger partial charge < -0.3 is 10.0 Å². The van der Waals surface area contributed by atoms with Crippen molar-refractivity contribution in [1.29, 1.82) is 0 Å². The number of carbonyl (C=O) groups is 2. The summed E-state index contributed by atoms with van der Waals surface area (Å²) in [4.78, 5) is 26.5.